The van der Waals surface area contributed by atoms with E-state index in [9.17, 15) is 14.4 Å². The van der Waals surface area contributed by atoms with Crippen LogP contribution in [0, 0.1) is 0 Å². The summed E-state index contributed by atoms with van der Waals surface area (Å²) in [6.45, 7) is 0.364. The van der Waals surface area contributed by atoms with Crippen LogP contribution in [0.1, 0.15) is 10.4 Å². The summed E-state index contributed by atoms with van der Waals surface area (Å²) in [5.41, 5.74) is 5.85. The number of urea groups is 1. The lowest BCUT2D eigenvalue weighted by molar-refractivity contribution is -0.141. The monoisotopic (exact) mass is 309 g/mol. The number of nitrogens with one attached hydrogen (secondary N) is 1. The Labute approximate surface area is 125 Å². The second-order valence-electron chi connectivity index (χ2n) is 4.50. The highest BCUT2D eigenvalue weighted by molar-refractivity contribution is 7.99. The van der Waals surface area contributed by atoms with Gasteiger partial charge in [-0.3, -0.25) is 4.79 Å². The summed E-state index contributed by atoms with van der Waals surface area (Å²) in [6, 6.07) is 4.85. The number of thioether (sulfide) groups is 1. The molecule has 3 amide bonds. The van der Waals surface area contributed by atoms with Crippen molar-refractivity contribution >= 4 is 35.4 Å². The predicted molar refractivity (Wildman–Crippen MR) is 79.4 cm³/mol. The van der Waals surface area contributed by atoms with Gasteiger partial charge in [-0.25, -0.2) is 9.59 Å². The molecule has 1 fully saturated rings. The number of primary amides is 1. The lowest BCUT2D eigenvalue weighted by Gasteiger charge is -2.32. The van der Waals surface area contributed by atoms with Crippen molar-refractivity contribution in [2.75, 3.05) is 23.4 Å². The lowest BCUT2D eigenvalue weighted by atomic mass is 10.2. The molecular weight excluding hydrogens is 294 g/mol. The third kappa shape index (κ3) is 3.66. The quantitative estimate of drug-likeness (QED) is 0.765. The SMILES string of the molecule is NC(=O)c1cccc(NC(=O)N2CCSCC2C(=O)O)c1. The van der Waals surface area contributed by atoms with E-state index in [0.717, 1.165) is 0 Å². The Bertz CT molecular complexity index is 578. The maximum atomic E-state index is 12.2. The summed E-state index contributed by atoms with van der Waals surface area (Å²) < 4.78 is 0. The second-order valence-corrected chi connectivity index (χ2v) is 5.65. The average molecular weight is 309 g/mol. The van der Waals surface area contributed by atoms with Gasteiger partial charge >= 0.3 is 12.0 Å². The van der Waals surface area contributed by atoms with Crippen LogP contribution in [0.2, 0.25) is 0 Å². The molecule has 1 aromatic carbocycles. The van der Waals surface area contributed by atoms with Crippen LogP contribution in [0.25, 0.3) is 0 Å². The fourth-order valence-corrected chi connectivity index (χ4v) is 3.04. The number of anilines is 1. The first-order valence-corrected chi connectivity index (χ1v) is 7.42. The van der Waals surface area contributed by atoms with E-state index in [1.807, 2.05) is 0 Å². The highest BCUT2D eigenvalue weighted by Gasteiger charge is 2.32. The van der Waals surface area contributed by atoms with Gasteiger partial charge < -0.3 is 21.1 Å². The highest BCUT2D eigenvalue weighted by Crippen LogP contribution is 2.19. The largest absolute Gasteiger partial charge is 0.480 e. The summed E-state index contributed by atoms with van der Waals surface area (Å²) in [4.78, 5) is 35.7. The summed E-state index contributed by atoms with van der Waals surface area (Å²) in [5, 5.41) is 11.7. The molecule has 0 saturated carbocycles. The zero-order valence-electron chi connectivity index (χ0n) is 11.1. The van der Waals surface area contributed by atoms with Crippen LogP contribution >= 0.6 is 11.8 Å². The molecule has 1 aromatic rings. The van der Waals surface area contributed by atoms with E-state index < -0.39 is 23.9 Å². The van der Waals surface area contributed by atoms with Crippen molar-refractivity contribution in [2.45, 2.75) is 6.04 Å². The summed E-state index contributed by atoms with van der Waals surface area (Å²) >= 11 is 1.50. The summed E-state index contributed by atoms with van der Waals surface area (Å²) in [5.74, 6) is -0.560. The number of carboxylic acid groups (broad SMARTS) is 1. The fourth-order valence-electron chi connectivity index (χ4n) is 2.00. The molecule has 21 heavy (non-hydrogen) atoms. The maximum absolute atomic E-state index is 12.2. The predicted octanol–water partition coefficient (Wildman–Crippen LogP) is 0.819. The first-order valence-electron chi connectivity index (χ1n) is 6.27. The molecule has 0 aromatic heterocycles. The molecule has 0 spiro atoms. The number of nitrogens with zero attached hydrogens (tertiary/aromatic N) is 1. The number of rotatable bonds is 3. The number of benzene rings is 1. The molecular formula is C13H15N3O4S. The number of carboxylic acids is 1. The van der Waals surface area contributed by atoms with Crippen LogP contribution in [-0.4, -0.2) is 52.0 Å². The summed E-state index contributed by atoms with van der Waals surface area (Å²) in [7, 11) is 0. The van der Waals surface area contributed by atoms with Crippen LogP contribution < -0.4 is 11.1 Å². The van der Waals surface area contributed by atoms with Gasteiger partial charge in [0.2, 0.25) is 5.91 Å². The standard InChI is InChI=1S/C13H15N3O4S/c14-11(17)8-2-1-3-9(6-8)15-13(20)16-4-5-21-7-10(16)12(18)19/h1-3,6,10H,4-5,7H2,(H2,14,17)(H,15,20)(H,18,19). The van der Waals surface area contributed by atoms with Gasteiger partial charge in [0, 0.05) is 29.3 Å². The van der Waals surface area contributed by atoms with Crippen molar-refractivity contribution in [3.63, 3.8) is 0 Å². The van der Waals surface area contributed by atoms with Crippen molar-refractivity contribution in [1.29, 1.82) is 0 Å². The molecule has 1 atom stereocenters. The molecule has 112 valence electrons. The van der Waals surface area contributed by atoms with E-state index in [1.165, 1.54) is 28.8 Å². The van der Waals surface area contributed by atoms with Crippen molar-refractivity contribution in [3.05, 3.63) is 29.8 Å². The smallest absolute Gasteiger partial charge is 0.327 e. The Kier molecular flexibility index (Phi) is 4.69. The molecule has 1 unspecified atom stereocenters. The van der Waals surface area contributed by atoms with Crippen LogP contribution in [0.15, 0.2) is 24.3 Å². The molecule has 4 N–H and O–H groups in total. The normalized spacial score (nSPS) is 18.1. The Morgan fingerprint density at radius 2 is 2.14 bits per heavy atom. The van der Waals surface area contributed by atoms with E-state index in [4.69, 9.17) is 10.8 Å². The third-order valence-electron chi connectivity index (χ3n) is 3.07. The minimum absolute atomic E-state index is 0.275. The Morgan fingerprint density at radius 1 is 1.38 bits per heavy atom. The number of aliphatic carboxylic acids is 1. The van der Waals surface area contributed by atoms with Crippen molar-refractivity contribution in [2.24, 2.45) is 5.73 Å². The third-order valence-corrected chi connectivity index (χ3v) is 4.10. The van der Waals surface area contributed by atoms with Crippen LogP contribution in [0.3, 0.4) is 0 Å². The van der Waals surface area contributed by atoms with Gasteiger partial charge in [0.15, 0.2) is 0 Å². The Balaban J connectivity index is 2.11. The molecule has 7 nitrogen and oxygen atoms in total. The molecule has 1 saturated heterocycles. The van der Waals surface area contributed by atoms with Gasteiger partial charge in [-0.15, -0.1) is 0 Å². The van der Waals surface area contributed by atoms with E-state index in [1.54, 1.807) is 12.1 Å². The Hall–Kier alpha value is -2.22. The Morgan fingerprint density at radius 3 is 2.81 bits per heavy atom. The average Bonchev–Trinajstić information content (AvgIpc) is 2.47. The van der Waals surface area contributed by atoms with Gasteiger partial charge in [-0.1, -0.05) is 6.07 Å². The van der Waals surface area contributed by atoms with Gasteiger partial charge in [-0.2, -0.15) is 11.8 Å². The maximum Gasteiger partial charge on any atom is 0.327 e. The molecule has 1 aliphatic heterocycles. The number of hydrogen-bond acceptors (Lipinski definition) is 4. The minimum atomic E-state index is -1.02. The minimum Gasteiger partial charge on any atom is -0.480 e. The fraction of sp³-hybridized carbons (Fsp3) is 0.308. The van der Waals surface area contributed by atoms with E-state index >= 15 is 0 Å². The molecule has 2 rings (SSSR count). The zero-order valence-corrected chi connectivity index (χ0v) is 11.9. The number of nitrogens with two attached hydrogens (primary N) is 1. The molecule has 1 aliphatic rings. The topological polar surface area (TPSA) is 113 Å². The van der Waals surface area contributed by atoms with Gasteiger partial charge in [-0.05, 0) is 18.2 Å². The van der Waals surface area contributed by atoms with Crippen molar-refractivity contribution in [3.8, 4) is 0 Å². The van der Waals surface area contributed by atoms with Gasteiger partial charge in [0.05, 0.1) is 0 Å². The highest BCUT2D eigenvalue weighted by atomic mass is 32.2. The molecule has 0 bridgehead atoms. The van der Waals surface area contributed by atoms with Crippen molar-refractivity contribution in [1.82, 2.24) is 4.90 Å². The van der Waals surface area contributed by atoms with Gasteiger partial charge in [0.25, 0.3) is 0 Å². The second kappa shape index (κ2) is 6.49. The molecule has 1 heterocycles. The number of carbonyl (C=O) groups is 3. The number of amides is 3. The number of hydrogen-bond donors (Lipinski definition) is 3. The molecule has 8 heteroatoms. The molecule has 0 aliphatic carbocycles. The molecule has 0 radical (unpaired) electrons. The van der Waals surface area contributed by atoms with Crippen LogP contribution in [0.4, 0.5) is 10.5 Å². The van der Waals surface area contributed by atoms with Crippen molar-refractivity contribution < 1.29 is 19.5 Å². The van der Waals surface area contributed by atoms with Crippen LogP contribution in [-0.2, 0) is 4.79 Å². The van der Waals surface area contributed by atoms with Gasteiger partial charge in [0.1, 0.15) is 6.04 Å². The van der Waals surface area contributed by atoms with E-state index in [-0.39, 0.29) is 5.56 Å². The lowest BCUT2D eigenvalue weighted by Crippen LogP contribution is -2.51. The summed E-state index contributed by atoms with van der Waals surface area (Å²) in [6.07, 6.45) is 0. The van der Waals surface area contributed by atoms with E-state index in [2.05, 4.69) is 5.32 Å². The first-order chi connectivity index (χ1) is 9.99. The van der Waals surface area contributed by atoms with Crippen LogP contribution in [0.5, 0.6) is 0 Å². The number of carbonyl (C=O) groups excluding carboxylic acids is 2. The van der Waals surface area contributed by atoms with E-state index in [0.29, 0.717) is 23.7 Å². The zero-order chi connectivity index (χ0) is 15.4. The first kappa shape index (κ1) is 15.2.